The van der Waals surface area contributed by atoms with Gasteiger partial charge in [-0.25, -0.2) is 9.59 Å². The fraction of sp³-hybridized carbons (Fsp3) is 0.375. The van der Waals surface area contributed by atoms with Crippen LogP contribution in [0.15, 0.2) is 48.5 Å². The Labute approximate surface area is 181 Å². The number of carboxylic acid groups (broad SMARTS) is 1. The van der Waals surface area contributed by atoms with Crippen LogP contribution in [0.4, 0.5) is 4.79 Å². The Balaban J connectivity index is 1.64. The Morgan fingerprint density at radius 3 is 2.06 bits per heavy atom. The fourth-order valence-corrected chi connectivity index (χ4v) is 3.79. The van der Waals surface area contributed by atoms with Crippen LogP contribution in [0.25, 0.3) is 11.1 Å². The zero-order valence-electron chi connectivity index (χ0n) is 18.0. The highest BCUT2D eigenvalue weighted by Crippen LogP contribution is 2.44. The lowest BCUT2D eigenvalue weighted by Crippen LogP contribution is -2.57. The first-order chi connectivity index (χ1) is 14.8. The second kappa shape index (κ2) is 9.20. The van der Waals surface area contributed by atoms with Gasteiger partial charge in [0.2, 0.25) is 5.91 Å². The third kappa shape index (κ3) is 4.55. The number of rotatable bonds is 8. The molecule has 3 N–H and O–H groups in total. The molecule has 2 unspecified atom stereocenters. The van der Waals surface area contributed by atoms with Crippen molar-refractivity contribution in [2.75, 3.05) is 6.61 Å². The molecule has 0 radical (unpaired) electrons. The molecule has 164 valence electrons. The van der Waals surface area contributed by atoms with Gasteiger partial charge in [0.15, 0.2) is 0 Å². The molecule has 0 fully saturated rings. The molecule has 0 bridgehead atoms. The Morgan fingerprint density at radius 1 is 1.03 bits per heavy atom. The van der Waals surface area contributed by atoms with Gasteiger partial charge in [-0.15, -0.1) is 0 Å². The average molecular weight is 424 g/mol. The number of alkyl carbamates (subject to hydrolysis) is 1. The van der Waals surface area contributed by atoms with Gasteiger partial charge in [0.1, 0.15) is 18.2 Å². The van der Waals surface area contributed by atoms with Gasteiger partial charge in [-0.2, -0.15) is 0 Å². The summed E-state index contributed by atoms with van der Waals surface area (Å²) in [6, 6.07) is 15.2. The molecule has 0 saturated heterocycles. The Hall–Kier alpha value is -3.35. The molecular formula is C24H28N2O5. The van der Waals surface area contributed by atoms with Crippen molar-refractivity contribution in [3.05, 3.63) is 59.7 Å². The van der Waals surface area contributed by atoms with Crippen LogP contribution >= 0.6 is 0 Å². The number of hydrogen-bond acceptors (Lipinski definition) is 4. The first-order valence-corrected chi connectivity index (χ1v) is 10.5. The quantitative estimate of drug-likeness (QED) is 0.600. The van der Waals surface area contributed by atoms with Gasteiger partial charge < -0.3 is 20.5 Å². The molecule has 0 saturated carbocycles. The molecule has 2 amide bonds. The van der Waals surface area contributed by atoms with Crippen molar-refractivity contribution < 1.29 is 24.2 Å². The highest BCUT2D eigenvalue weighted by Gasteiger charge is 2.35. The number of hydrogen-bond donors (Lipinski definition) is 3. The smallest absolute Gasteiger partial charge is 0.407 e. The first-order valence-electron chi connectivity index (χ1n) is 10.5. The van der Waals surface area contributed by atoms with Gasteiger partial charge in [0.25, 0.3) is 0 Å². The van der Waals surface area contributed by atoms with E-state index in [4.69, 9.17) is 4.74 Å². The van der Waals surface area contributed by atoms with Gasteiger partial charge in [-0.05, 0) is 42.0 Å². The van der Waals surface area contributed by atoms with Crippen molar-refractivity contribution in [2.24, 2.45) is 0 Å². The lowest BCUT2D eigenvalue weighted by atomic mass is 9.98. The molecule has 7 heteroatoms. The topological polar surface area (TPSA) is 105 Å². The highest BCUT2D eigenvalue weighted by atomic mass is 16.5. The molecule has 1 aliphatic rings. The Kier molecular flexibility index (Phi) is 6.63. The van der Waals surface area contributed by atoms with Crippen LogP contribution in [-0.4, -0.2) is 41.3 Å². The lowest BCUT2D eigenvalue weighted by molar-refractivity contribution is -0.147. The largest absolute Gasteiger partial charge is 0.480 e. The van der Waals surface area contributed by atoms with Crippen LogP contribution in [0, 0.1) is 0 Å². The van der Waals surface area contributed by atoms with Gasteiger partial charge in [-0.3, -0.25) is 4.79 Å². The van der Waals surface area contributed by atoms with Crippen LogP contribution in [0.3, 0.4) is 0 Å². The van der Waals surface area contributed by atoms with E-state index >= 15 is 0 Å². The van der Waals surface area contributed by atoms with Crippen molar-refractivity contribution in [2.45, 2.75) is 51.1 Å². The maximum absolute atomic E-state index is 12.5. The van der Waals surface area contributed by atoms with E-state index in [0.29, 0.717) is 6.42 Å². The number of carbonyl (C=O) groups is 3. The van der Waals surface area contributed by atoms with Crippen LogP contribution in [0.2, 0.25) is 0 Å². The number of amides is 2. The number of carboxylic acids is 1. The summed E-state index contributed by atoms with van der Waals surface area (Å²) >= 11 is 0. The molecule has 2 aromatic carbocycles. The summed E-state index contributed by atoms with van der Waals surface area (Å²) in [6.07, 6.45) is -0.192. The van der Waals surface area contributed by atoms with Crippen LogP contribution in [-0.2, 0) is 14.3 Å². The van der Waals surface area contributed by atoms with Gasteiger partial charge in [0, 0.05) is 5.92 Å². The zero-order valence-corrected chi connectivity index (χ0v) is 18.0. The third-order valence-corrected chi connectivity index (χ3v) is 5.94. The zero-order chi connectivity index (χ0) is 22.6. The monoisotopic (exact) mass is 424 g/mol. The Morgan fingerprint density at radius 2 is 1.58 bits per heavy atom. The lowest BCUT2D eigenvalue weighted by Gasteiger charge is -2.27. The minimum absolute atomic E-state index is 0.0811. The van der Waals surface area contributed by atoms with Crippen molar-refractivity contribution >= 4 is 18.0 Å². The maximum atomic E-state index is 12.5. The van der Waals surface area contributed by atoms with Crippen molar-refractivity contribution in [1.82, 2.24) is 10.6 Å². The number of carbonyl (C=O) groups excluding carboxylic acids is 2. The summed E-state index contributed by atoms with van der Waals surface area (Å²) in [4.78, 5) is 36.4. The van der Waals surface area contributed by atoms with E-state index in [-0.39, 0.29) is 18.9 Å². The molecule has 0 aliphatic heterocycles. The van der Waals surface area contributed by atoms with E-state index in [0.717, 1.165) is 22.3 Å². The number of fused-ring (bicyclic) bond motifs is 3. The predicted molar refractivity (Wildman–Crippen MR) is 117 cm³/mol. The van der Waals surface area contributed by atoms with Crippen molar-refractivity contribution in [1.29, 1.82) is 0 Å². The molecule has 0 heterocycles. The molecule has 0 spiro atoms. The average Bonchev–Trinajstić information content (AvgIpc) is 3.09. The molecule has 3 rings (SSSR count). The summed E-state index contributed by atoms with van der Waals surface area (Å²) in [5.41, 5.74) is 3.06. The fourth-order valence-electron chi connectivity index (χ4n) is 3.79. The maximum Gasteiger partial charge on any atom is 0.407 e. The van der Waals surface area contributed by atoms with Crippen LogP contribution in [0.1, 0.15) is 50.7 Å². The standard InChI is InChI=1S/C24H28N2O5/c1-4-20(21(27)26-24(3,5-2)22(28)29)25-23(30)31-14-19-17-12-8-6-10-15(17)16-11-7-9-13-18(16)19/h6-13,19-20H,4-5,14H2,1-3H3,(H,25,30)(H,26,27)(H,28,29). The molecule has 2 atom stereocenters. The summed E-state index contributed by atoms with van der Waals surface area (Å²) < 4.78 is 5.48. The molecular weight excluding hydrogens is 396 g/mol. The van der Waals surface area contributed by atoms with E-state index in [1.54, 1.807) is 13.8 Å². The van der Waals surface area contributed by atoms with E-state index < -0.39 is 29.6 Å². The van der Waals surface area contributed by atoms with Crippen molar-refractivity contribution in [3.63, 3.8) is 0 Å². The van der Waals surface area contributed by atoms with Gasteiger partial charge in [0.05, 0.1) is 0 Å². The SMILES string of the molecule is CCC(NC(=O)OCC1c2ccccc2-c2ccccc21)C(=O)NC(C)(CC)C(=O)O. The number of benzene rings is 2. The summed E-state index contributed by atoms with van der Waals surface area (Å²) in [6.45, 7) is 4.99. The van der Waals surface area contributed by atoms with E-state index in [2.05, 4.69) is 22.8 Å². The molecule has 7 nitrogen and oxygen atoms in total. The summed E-state index contributed by atoms with van der Waals surface area (Å²) in [7, 11) is 0. The highest BCUT2D eigenvalue weighted by molar-refractivity contribution is 5.91. The number of ether oxygens (including phenoxy) is 1. The first kappa shape index (κ1) is 22.3. The van der Waals surface area contributed by atoms with E-state index in [9.17, 15) is 19.5 Å². The second-order valence-corrected chi connectivity index (χ2v) is 7.91. The van der Waals surface area contributed by atoms with Crippen LogP contribution < -0.4 is 10.6 Å². The molecule has 0 aromatic heterocycles. The number of aliphatic carboxylic acids is 1. The third-order valence-electron chi connectivity index (χ3n) is 5.94. The number of nitrogens with one attached hydrogen (secondary N) is 2. The Bertz CT molecular complexity index is 944. The minimum Gasteiger partial charge on any atom is -0.480 e. The summed E-state index contributed by atoms with van der Waals surface area (Å²) in [5, 5.41) is 14.4. The van der Waals surface area contributed by atoms with Gasteiger partial charge >= 0.3 is 12.1 Å². The summed E-state index contributed by atoms with van der Waals surface area (Å²) in [5.74, 6) is -1.76. The van der Waals surface area contributed by atoms with E-state index in [1.165, 1.54) is 6.92 Å². The minimum atomic E-state index is -1.40. The predicted octanol–water partition coefficient (Wildman–Crippen LogP) is 3.67. The molecule has 1 aliphatic carbocycles. The van der Waals surface area contributed by atoms with Crippen molar-refractivity contribution in [3.8, 4) is 11.1 Å². The van der Waals surface area contributed by atoms with Gasteiger partial charge in [-0.1, -0.05) is 62.4 Å². The second-order valence-electron chi connectivity index (χ2n) is 7.91. The molecule has 31 heavy (non-hydrogen) atoms. The van der Waals surface area contributed by atoms with Crippen LogP contribution in [0.5, 0.6) is 0 Å². The van der Waals surface area contributed by atoms with E-state index in [1.807, 2.05) is 36.4 Å². The normalized spacial score (nSPS) is 15.2. The molecule has 2 aromatic rings.